The first-order chi connectivity index (χ1) is 10.2. The van der Waals surface area contributed by atoms with E-state index in [-0.39, 0.29) is 18.1 Å². The van der Waals surface area contributed by atoms with E-state index in [1.807, 2.05) is 6.92 Å². The summed E-state index contributed by atoms with van der Waals surface area (Å²) < 4.78 is 2.52. The maximum absolute atomic E-state index is 12.1. The molecule has 0 unspecified atom stereocenters. The Morgan fingerprint density at radius 2 is 2.29 bits per heavy atom. The summed E-state index contributed by atoms with van der Waals surface area (Å²) in [6.45, 7) is 1.82. The van der Waals surface area contributed by atoms with Gasteiger partial charge in [0.1, 0.15) is 12.4 Å². The molecule has 0 atom stereocenters. The molecule has 0 fully saturated rings. The third kappa shape index (κ3) is 2.42. The molecule has 0 bridgehead atoms. The summed E-state index contributed by atoms with van der Waals surface area (Å²) in [5.41, 5.74) is 1.07. The largest absolute Gasteiger partial charge is 0.350 e. The van der Waals surface area contributed by atoms with E-state index >= 15 is 0 Å². The molecule has 3 heterocycles. The van der Waals surface area contributed by atoms with E-state index in [0.29, 0.717) is 11.5 Å². The molecule has 3 rings (SSSR count). The minimum absolute atomic E-state index is 0.150. The van der Waals surface area contributed by atoms with Crippen LogP contribution in [0.15, 0.2) is 35.4 Å². The molecule has 1 amide bonds. The van der Waals surface area contributed by atoms with E-state index in [9.17, 15) is 9.59 Å². The second kappa shape index (κ2) is 5.23. The second-order valence-electron chi connectivity index (χ2n) is 4.54. The van der Waals surface area contributed by atoms with Crippen LogP contribution in [0.1, 0.15) is 12.5 Å². The van der Waals surface area contributed by atoms with Crippen LogP contribution < -0.4 is 11.0 Å². The fraction of sp³-hybridized carbons (Fsp3) is 0.231. The van der Waals surface area contributed by atoms with Crippen LogP contribution in [0, 0.1) is 0 Å². The van der Waals surface area contributed by atoms with E-state index in [4.69, 9.17) is 0 Å². The first-order valence-electron chi connectivity index (χ1n) is 6.55. The van der Waals surface area contributed by atoms with Gasteiger partial charge in [0.25, 0.3) is 0 Å². The molecular formula is C13H14N6O2. The summed E-state index contributed by atoms with van der Waals surface area (Å²) in [4.78, 5) is 24.1. The molecule has 0 aliphatic carbocycles. The first-order valence-corrected chi connectivity index (χ1v) is 6.55. The van der Waals surface area contributed by atoms with E-state index < -0.39 is 0 Å². The molecule has 0 aromatic carbocycles. The number of hydrogen-bond acceptors (Lipinski definition) is 4. The average Bonchev–Trinajstić information content (AvgIpc) is 3.05. The zero-order valence-electron chi connectivity index (χ0n) is 11.4. The van der Waals surface area contributed by atoms with Gasteiger partial charge >= 0.3 is 5.69 Å². The highest BCUT2D eigenvalue weighted by molar-refractivity contribution is 5.90. The number of nitrogens with one attached hydrogen (secondary N) is 2. The van der Waals surface area contributed by atoms with Crippen LogP contribution in [0.3, 0.4) is 0 Å². The number of carbonyl (C=O) groups excluding carboxylic acids is 1. The lowest BCUT2D eigenvalue weighted by Gasteiger charge is -2.03. The summed E-state index contributed by atoms with van der Waals surface area (Å²) in [6, 6.07) is 5.23. The standard InChI is InChI=1S/C13H14N6O2/c1-2-9-7-14-16-12(9)15-11(20)8-19-13(21)18-6-4-3-5-10(18)17-19/h3-7H,2,8H2,1H3,(H2,14,15,16,20). The number of fused-ring (bicyclic) bond motifs is 1. The van der Waals surface area contributed by atoms with Crippen molar-refractivity contribution in [1.82, 2.24) is 24.4 Å². The first kappa shape index (κ1) is 13.1. The SMILES string of the molecule is CCc1cn[nH]c1NC(=O)Cn1nc2ccccn2c1=O. The number of aromatic nitrogens is 5. The highest BCUT2D eigenvalue weighted by Crippen LogP contribution is 2.10. The lowest BCUT2D eigenvalue weighted by Crippen LogP contribution is -2.28. The van der Waals surface area contributed by atoms with Gasteiger partial charge in [-0.05, 0) is 18.6 Å². The van der Waals surface area contributed by atoms with Crippen molar-refractivity contribution in [2.24, 2.45) is 0 Å². The zero-order chi connectivity index (χ0) is 14.8. The van der Waals surface area contributed by atoms with Crippen LogP contribution in [-0.2, 0) is 17.8 Å². The van der Waals surface area contributed by atoms with Gasteiger partial charge in [-0.15, -0.1) is 5.10 Å². The fourth-order valence-electron chi connectivity index (χ4n) is 2.07. The van der Waals surface area contributed by atoms with Crippen molar-refractivity contribution in [3.8, 4) is 0 Å². The second-order valence-corrected chi connectivity index (χ2v) is 4.54. The Morgan fingerprint density at radius 1 is 1.43 bits per heavy atom. The number of amides is 1. The van der Waals surface area contributed by atoms with E-state index in [1.54, 1.807) is 30.6 Å². The van der Waals surface area contributed by atoms with Crippen LogP contribution in [0.4, 0.5) is 5.82 Å². The average molecular weight is 286 g/mol. The summed E-state index contributed by atoms with van der Waals surface area (Å²) in [5.74, 6) is 0.221. The summed E-state index contributed by atoms with van der Waals surface area (Å²) in [5, 5.41) is 13.4. The van der Waals surface area contributed by atoms with Gasteiger partial charge in [-0.2, -0.15) is 5.10 Å². The number of carbonyl (C=O) groups is 1. The monoisotopic (exact) mass is 286 g/mol. The summed E-state index contributed by atoms with van der Waals surface area (Å²) in [6.07, 6.45) is 4.02. The molecule has 0 radical (unpaired) electrons. The van der Waals surface area contributed by atoms with Gasteiger partial charge in [-0.1, -0.05) is 13.0 Å². The Morgan fingerprint density at radius 3 is 3.05 bits per heavy atom. The number of anilines is 1. The lowest BCUT2D eigenvalue weighted by atomic mass is 10.2. The number of pyridine rings is 1. The summed E-state index contributed by atoms with van der Waals surface area (Å²) >= 11 is 0. The minimum Gasteiger partial charge on any atom is -0.309 e. The van der Waals surface area contributed by atoms with Crippen molar-refractivity contribution in [2.75, 3.05) is 5.32 Å². The van der Waals surface area contributed by atoms with Gasteiger partial charge < -0.3 is 5.32 Å². The van der Waals surface area contributed by atoms with Crippen molar-refractivity contribution in [3.63, 3.8) is 0 Å². The quantitative estimate of drug-likeness (QED) is 0.726. The van der Waals surface area contributed by atoms with Gasteiger partial charge in [0, 0.05) is 11.8 Å². The highest BCUT2D eigenvalue weighted by atomic mass is 16.2. The van der Waals surface area contributed by atoms with Gasteiger partial charge in [0.05, 0.1) is 6.20 Å². The van der Waals surface area contributed by atoms with E-state index in [0.717, 1.165) is 16.7 Å². The molecule has 2 N–H and O–H groups in total. The molecule has 8 nitrogen and oxygen atoms in total. The summed E-state index contributed by atoms with van der Waals surface area (Å²) in [7, 11) is 0. The number of rotatable bonds is 4. The third-order valence-corrected chi connectivity index (χ3v) is 3.14. The van der Waals surface area contributed by atoms with E-state index in [2.05, 4.69) is 20.6 Å². The molecule has 8 heteroatoms. The number of hydrogen-bond donors (Lipinski definition) is 2. The fourth-order valence-corrected chi connectivity index (χ4v) is 2.07. The number of H-pyrrole nitrogens is 1. The van der Waals surface area contributed by atoms with E-state index in [1.165, 1.54) is 4.40 Å². The lowest BCUT2D eigenvalue weighted by molar-refractivity contribution is -0.117. The van der Waals surface area contributed by atoms with Crippen LogP contribution >= 0.6 is 0 Å². The molecule has 0 aliphatic rings. The maximum atomic E-state index is 12.1. The molecule has 0 spiro atoms. The predicted octanol–water partition coefficient (Wildman–Crippen LogP) is 0.420. The Hall–Kier alpha value is -2.90. The van der Waals surface area contributed by atoms with Crippen molar-refractivity contribution in [2.45, 2.75) is 19.9 Å². The molecule has 21 heavy (non-hydrogen) atoms. The van der Waals surface area contributed by atoms with Crippen LogP contribution in [0.5, 0.6) is 0 Å². The molecule has 108 valence electrons. The molecule has 0 saturated heterocycles. The van der Waals surface area contributed by atoms with Crippen LogP contribution in [0.25, 0.3) is 5.65 Å². The van der Waals surface area contributed by atoms with Crippen LogP contribution in [-0.4, -0.2) is 30.3 Å². The minimum atomic E-state index is -0.346. The normalized spacial score (nSPS) is 10.9. The molecule has 3 aromatic rings. The number of nitrogens with zero attached hydrogens (tertiary/aromatic N) is 4. The van der Waals surface area contributed by atoms with Crippen LogP contribution in [0.2, 0.25) is 0 Å². The molecular weight excluding hydrogens is 272 g/mol. The molecule has 0 saturated carbocycles. The van der Waals surface area contributed by atoms with Crippen molar-refractivity contribution >= 4 is 17.4 Å². The molecule has 3 aromatic heterocycles. The third-order valence-electron chi connectivity index (χ3n) is 3.14. The topological polar surface area (TPSA) is 97.1 Å². The smallest absolute Gasteiger partial charge is 0.309 e. The van der Waals surface area contributed by atoms with Crippen molar-refractivity contribution < 1.29 is 4.79 Å². The Kier molecular flexibility index (Phi) is 3.27. The Bertz CT molecular complexity index is 844. The number of aryl methyl sites for hydroxylation is 1. The van der Waals surface area contributed by atoms with Crippen molar-refractivity contribution in [3.05, 3.63) is 46.6 Å². The van der Waals surface area contributed by atoms with Gasteiger partial charge in [-0.3, -0.25) is 14.3 Å². The molecule has 0 aliphatic heterocycles. The van der Waals surface area contributed by atoms with Gasteiger partial charge in [0.15, 0.2) is 5.65 Å². The predicted molar refractivity (Wildman–Crippen MR) is 76.0 cm³/mol. The van der Waals surface area contributed by atoms with Crippen molar-refractivity contribution in [1.29, 1.82) is 0 Å². The van der Waals surface area contributed by atoms with Gasteiger partial charge in [-0.25, -0.2) is 9.48 Å². The number of aromatic amines is 1. The Labute approximate surface area is 119 Å². The van der Waals surface area contributed by atoms with Gasteiger partial charge in [0.2, 0.25) is 5.91 Å². The Balaban J connectivity index is 1.80. The maximum Gasteiger partial charge on any atom is 0.350 e. The highest BCUT2D eigenvalue weighted by Gasteiger charge is 2.12. The zero-order valence-corrected chi connectivity index (χ0v) is 11.4.